The summed E-state index contributed by atoms with van der Waals surface area (Å²) in [6.45, 7) is 0.169. The summed E-state index contributed by atoms with van der Waals surface area (Å²) in [4.78, 5) is 21.9. The van der Waals surface area contributed by atoms with Gasteiger partial charge in [0.15, 0.2) is 6.04 Å². The summed E-state index contributed by atoms with van der Waals surface area (Å²) in [5.74, 6) is -0.771. The van der Waals surface area contributed by atoms with Crippen LogP contribution in [0.25, 0.3) is 11.1 Å². The maximum Gasteiger partial charge on any atom is 0.331 e. The molecule has 0 aliphatic heterocycles. The molecule has 0 fully saturated rings. The van der Waals surface area contributed by atoms with Crippen molar-refractivity contribution in [3.63, 3.8) is 0 Å². The lowest BCUT2D eigenvalue weighted by Gasteiger charge is -2.14. The van der Waals surface area contributed by atoms with Gasteiger partial charge < -0.3 is 10.5 Å². The van der Waals surface area contributed by atoms with Gasteiger partial charge in [0.1, 0.15) is 6.61 Å². The summed E-state index contributed by atoms with van der Waals surface area (Å²) < 4.78 is 5.17. The Bertz CT molecular complexity index is 650. The van der Waals surface area contributed by atoms with Crippen molar-refractivity contribution in [3.8, 4) is 11.1 Å². The molecule has 0 aromatic heterocycles. The Balaban J connectivity index is 1.89. The fourth-order valence-corrected chi connectivity index (χ4v) is 2.74. The van der Waals surface area contributed by atoms with Gasteiger partial charge in [-0.25, -0.2) is 4.79 Å². The Kier molecular flexibility index (Phi) is 3.54. The van der Waals surface area contributed by atoms with Gasteiger partial charge in [0.05, 0.1) is 0 Å². The molecule has 3 rings (SSSR count). The van der Waals surface area contributed by atoms with E-state index in [2.05, 4.69) is 12.1 Å². The first kappa shape index (κ1) is 13.5. The topological polar surface area (TPSA) is 69.4 Å². The Labute approximate surface area is 122 Å². The average molecular weight is 280 g/mol. The second-order valence-corrected chi connectivity index (χ2v) is 4.95. The van der Waals surface area contributed by atoms with Gasteiger partial charge in [0.2, 0.25) is 6.29 Å². The zero-order chi connectivity index (χ0) is 14.8. The van der Waals surface area contributed by atoms with Gasteiger partial charge in [0.25, 0.3) is 0 Å². The molecule has 2 aromatic rings. The van der Waals surface area contributed by atoms with Crippen molar-refractivity contribution in [1.29, 1.82) is 0 Å². The summed E-state index contributed by atoms with van der Waals surface area (Å²) in [6.07, 6.45) is 1.43. The van der Waals surface area contributed by atoms with E-state index in [0.29, 0.717) is 0 Å². The normalized spacial score (nSPS) is 14.1. The zero-order valence-electron chi connectivity index (χ0n) is 11.3. The van der Waals surface area contributed by atoms with Crippen molar-refractivity contribution in [2.45, 2.75) is 12.0 Å². The van der Waals surface area contributed by atoms with Gasteiger partial charge in [-0.05, 0) is 22.3 Å². The highest BCUT2D eigenvalue weighted by Gasteiger charge is 2.29. The van der Waals surface area contributed by atoms with Crippen LogP contribution in [0.5, 0.6) is 0 Å². The summed E-state index contributed by atoms with van der Waals surface area (Å²) in [5.41, 5.74) is 9.84. The molecule has 105 valence electrons. The quantitative estimate of drug-likeness (QED) is 0.684. The minimum atomic E-state index is -1.34. The Morgan fingerprint density at radius 2 is 1.62 bits per heavy atom. The third-order valence-corrected chi connectivity index (χ3v) is 3.74. The molecular formula is C17H14NO3. The van der Waals surface area contributed by atoms with Crippen LogP contribution in [0.2, 0.25) is 0 Å². The fraction of sp³-hybridized carbons (Fsp3) is 0.176. The number of nitrogens with two attached hydrogens (primary N) is 1. The van der Waals surface area contributed by atoms with Crippen LogP contribution in [0, 0.1) is 0 Å². The van der Waals surface area contributed by atoms with E-state index in [1.807, 2.05) is 36.4 Å². The maximum atomic E-state index is 11.5. The lowest BCUT2D eigenvalue weighted by atomic mass is 9.98. The van der Waals surface area contributed by atoms with Crippen LogP contribution in [0.1, 0.15) is 17.0 Å². The van der Waals surface area contributed by atoms with Crippen LogP contribution in [-0.2, 0) is 14.3 Å². The first-order chi connectivity index (χ1) is 10.2. The highest BCUT2D eigenvalue weighted by molar-refractivity contribution is 5.92. The molecular weight excluding hydrogens is 266 g/mol. The lowest BCUT2D eigenvalue weighted by Crippen LogP contribution is -2.34. The number of benzene rings is 2. The number of carbonyl (C=O) groups is 1. The number of hydrogen-bond acceptors (Lipinski definition) is 4. The van der Waals surface area contributed by atoms with Gasteiger partial charge in [0, 0.05) is 5.92 Å². The van der Waals surface area contributed by atoms with Gasteiger partial charge in [-0.15, -0.1) is 0 Å². The maximum absolute atomic E-state index is 11.5. The number of esters is 1. The van der Waals surface area contributed by atoms with E-state index >= 15 is 0 Å². The van der Waals surface area contributed by atoms with Crippen molar-refractivity contribution in [2.24, 2.45) is 5.73 Å². The van der Waals surface area contributed by atoms with E-state index in [9.17, 15) is 9.59 Å². The molecule has 1 aliphatic carbocycles. The van der Waals surface area contributed by atoms with Crippen molar-refractivity contribution in [1.82, 2.24) is 0 Å². The second-order valence-electron chi connectivity index (χ2n) is 4.95. The second kappa shape index (κ2) is 5.50. The molecule has 0 heterocycles. The van der Waals surface area contributed by atoms with Gasteiger partial charge >= 0.3 is 5.97 Å². The summed E-state index contributed by atoms with van der Waals surface area (Å²) >= 11 is 0. The first-order valence-corrected chi connectivity index (χ1v) is 6.70. The van der Waals surface area contributed by atoms with Crippen LogP contribution in [0.3, 0.4) is 0 Å². The van der Waals surface area contributed by atoms with E-state index in [4.69, 9.17) is 10.5 Å². The summed E-state index contributed by atoms with van der Waals surface area (Å²) in [6, 6.07) is 14.7. The van der Waals surface area contributed by atoms with Gasteiger partial charge in [-0.3, -0.25) is 4.79 Å². The summed E-state index contributed by atoms with van der Waals surface area (Å²) in [7, 11) is 0. The Hall–Kier alpha value is -2.46. The van der Waals surface area contributed by atoms with Crippen LogP contribution >= 0.6 is 0 Å². The fourth-order valence-electron chi connectivity index (χ4n) is 2.74. The van der Waals surface area contributed by atoms with Crippen molar-refractivity contribution < 1.29 is 14.3 Å². The van der Waals surface area contributed by atoms with Crippen LogP contribution < -0.4 is 5.73 Å². The van der Waals surface area contributed by atoms with Crippen molar-refractivity contribution in [3.05, 3.63) is 59.7 Å². The SMILES string of the molecule is NC([C]=O)C(=O)OCC1c2ccccc2-c2ccccc21. The molecule has 1 radical (unpaired) electrons. The molecule has 1 atom stereocenters. The van der Waals surface area contributed by atoms with Crippen molar-refractivity contribution in [2.75, 3.05) is 6.61 Å². The number of rotatable bonds is 4. The number of fused-ring (bicyclic) bond motifs is 3. The van der Waals surface area contributed by atoms with Gasteiger partial charge in [-0.2, -0.15) is 0 Å². The van der Waals surface area contributed by atoms with Gasteiger partial charge in [-0.1, -0.05) is 48.5 Å². The smallest absolute Gasteiger partial charge is 0.331 e. The highest BCUT2D eigenvalue weighted by atomic mass is 16.5. The van der Waals surface area contributed by atoms with E-state index in [-0.39, 0.29) is 12.5 Å². The Morgan fingerprint density at radius 3 is 2.14 bits per heavy atom. The minimum absolute atomic E-state index is 0.0276. The highest BCUT2D eigenvalue weighted by Crippen LogP contribution is 2.44. The largest absolute Gasteiger partial charge is 0.463 e. The molecule has 1 aliphatic rings. The first-order valence-electron chi connectivity index (χ1n) is 6.70. The molecule has 0 saturated carbocycles. The zero-order valence-corrected chi connectivity index (χ0v) is 11.3. The number of ether oxygens (including phenoxy) is 1. The van der Waals surface area contributed by atoms with E-state index < -0.39 is 12.0 Å². The average Bonchev–Trinajstić information content (AvgIpc) is 2.86. The number of hydrogen-bond donors (Lipinski definition) is 1. The predicted molar refractivity (Wildman–Crippen MR) is 78.3 cm³/mol. The lowest BCUT2D eigenvalue weighted by molar-refractivity contribution is -0.143. The van der Waals surface area contributed by atoms with E-state index in [1.165, 1.54) is 6.29 Å². The molecule has 4 nitrogen and oxygen atoms in total. The van der Waals surface area contributed by atoms with Crippen LogP contribution in [-0.4, -0.2) is 24.9 Å². The molecule has 21 heavy (non-hydrogen) atoms. The molecule has 0 saturated heterocycles. The van der Waals surface area contributed by atoms with Crippen LogP contribution in [0.15, 0.2) is 48.5 Å². The van der Waals surface area contributed by atoms with E-state index in [1.54, 1.807) is 0 Å². The molecule has 2 aromatic carbocycles. The standard InChI is InChI=1S/C17H14NO3/c18-16(9-19)17(20)21-10-15-13-7-3-1-5-11(13)12-6-2-4-8-14(12)15/h1-8,15-16H,10,18H2. The Morgan fingerprint density at radius 1 is 1.10 bits per heavy atom. The summed E-state index contributed by atoms with van der Waals surface area (Å²) in [5, 5.41) is 0. The molecule has 0 bridgehead atoms. The van der Waals surface area contributed by atoms with Crippen molar-refractivity contribution >= 4 is 12.3 Å². The third-order valence-electron chi connectivity index (χ3n) is 3.74. The molecule has 1 unspecified atom stereocenters. The molecule has 0 amide bonds. The minimum Gasteiger partial charge on any atom is -0.463 e. The molecule has 4 heteroatoms. The number of carbonyl (C=O) groups excluding carboxylic acids is 2. The molecule has 0 spiro atoms. The molecule has 2 N–H and O–H groups in total. The predicted octanol–water partition coefficient (Wildman–Crippen LogP) is 1.78. The third kappa shape index (κ3) is 2.34. The monoisotopic (exact) mass is 280 g/mol. The van der Waals surface area contributed by atoms with E-state index in [0.717, 1.165) is 22.3 Å². The van der Waals surface area contributed by atoms with Crippen LogP contribution in [0.4, 0.5) is 0 Å².